The number of rotatable bonds is 0. The maximum Gasteiger partial charge on any atom is 0.503 e. The Labute approximate surface area is 54.4 Å². The van der Waals surface area contributed by atoms with Gasteiger partial charge in [0, 0.05) is 11.0 Å². The van der Waals surface area contributed by atoms with Crippen LogP contribution < -0.4 is 0 Å². The zero-order chi connectivity index (χ0) is 7.15. The quantitative estimate of drug-likeness (QED) is 0.365. The molecule has 0 aromatic heterocycles. The van der Waals surface area contributed by atoms with Crippen LogP contribution in [0.5, 0.6) is 0 Å². The fraction of sp³-hybridized carbons (Fsp3) is 0. The highest BCUT2D eigenvalue weighted by Crippen LogP contribution is 1.43. The van der Waals surface area contributed by atoms with Gasteiger partial charge in [0.15, 0.2) is 0 Å². The van der Waals surface area contributed by atoms with Gasteiger partial charge in [0.05, 0.1) is 0 Å². The molecule has 0 aromatic rings. The lowest BCUT2D eigenvalue weighted by Gasteiger charge is -1.60. The SMILES string of the molecule is O=C(O)O.O=C(O)O.[Si]. The summed E-state index contributed by atoms with van der Waals surface area (Å²) < 4.78 is 0. The molecule has 0 aliphatic heterocycles. The summed E-state index contributed by atoms with van der Waals surface area (Å²) in [7, 11) is 0. The van der Waals surface area contributed by atoms with Gasteiger partial charge in [-0.1, -0.05) is 0 Å². The maximum absolute atomic E-state index is 8.56. The van der Waals surface area contributed by atoms with Gasteiger partial charge >= 0.3 is 12.3 Å². The molecule has 0 amide bonds. The molecule has 0 aliphatic rings. The second-order valence-corrected chi connectivity index (χ2v) is 0.565. The Bertz CT molecular complexity index is 69.1. The molecule has 7 heteroatoms. The van der Waals surface area contributed by atoms with Gasteiger partial charge in [-0.05, 0) is 0 Å². The van der Waals surface area contributed by atoms with Crippen molar-refractivity contribution < 1.29 is 30.0 Å². The van der Waals surface area contributed by atoms with E-state index in [1.54, 1.807) is 0 Å². The van der Waals surface area contributed by atoms with Gasteiger partial charge < -0.3 is 20.4 Å². The third-order valence-electron chi connectivity index (χ3n) is 0. The Hall–Kier alpha value is -1.24. The minimum Gasteiger partial charge on any atom is -0.450 e. The minimum atomic E-state index is -1.83. The van der Waals surface area contributed by atoms with E-state index in [0.29, 0.717) is 0 Å². The van der Waals surface area contributed by atoms with Gasteiger partial charge in [0.1, 0.15) is 0 Å². The normalized spacial score (nSPS) is 5.33. The summed E-state index contributed by atoms with van der Waals surface area (Å²) in [4.78, 5) is 17.1. The van der Waals surface area contributed by atoms with Crippen molar-refractivity contribution in [3.8, 4) is 0 Å². The Morgan fingerprint density at radius 1 is 0.778 bits per heavy atom. The van der Waals surface area contributed by atoms with Crippen LogP contribution in [0, 0.1) is 0 Å². The van der Waals surface area contributed by atoms with Crippen LogP contribution in [0.25, 0.3) is 0 Å². The van der Waals surface area contributed by atoms with Crippen molar-refractivity contribution in [2.75, 3.05) is 0 Å². The van der Waals surface area contributed by atoms with E-state index >= 15 is 0 Å². The first-order chi connectivity index (χ1) is 3.46. The first kappa shape index (κ1) is 15.7. The standard InChI is InChI=1S/2CH2O3.Si/c2*2-1(3)4;/h2*(H2,2,3,4);. The molecule has 0 atom stereocenters. The van der Waals surface area contributed by atoms with E-state index in [4.69, 9.17) is 30.0 Å². The van der Waals surface area contributed by atoms with Crippen molar-refractivity contribution in [2.24, 2.45) is 0 Å². The van der Waals surface area contributed by atoms with Crippen LogP contribution in [0.4, 0.5) is 9.59 Å². The van der Waals surface area contributed by atoms with E-state index in [1.165, 1.54) is 0 Å². The van der Waals surface area contributed by atoms with Crippen LogP contribution in [0.2, 0.25) is 0 Å². The molecule has 0 saturated heterocycles. The lowest BCUT2D eigenvalue weighted by molar-refractivity contribution is 0.135. The molecule has 4 N–H and O–H groups in total. The van der Waals surface area contributed by atoms with Crippen molar-refractivity contribution in [2.45, 2.75) is 0 Å². The molecule has 0 bridgehead atoms. The van der Waals surface area contributed by atoms with Crippen LogP contribution in [0.3, 0.4) is 0 Å². The van der Waals surface area contributed by atoms with E-state index < -0.39 is 12.3 Å². The number of carbonyl (C=O) groups is 2. The zero-order valence-corrected chi connectivity index (χ0v) is 5.11. The molecular weight excluding hydrogens is 148 g/mol. The minimum absolute atomic E-state index is 0. The van der Waals surface area contributed by atoms with Crippen LogP contribution in [0.15, 0.2) is 0 Å². The van der Waals surface area contributed by atoms with Gasteiger partial charge in [0.25, 0.3) is 0 Å². The molecule has 9 heavy (non-hydrogen) atoms. The molecule has 0 saturated carbocycles. The molecule has 0 unspecified atom stereocenters. The Kier molecular flexibility index (Phi) is 17.2. The van der Waals surface area contributed by atoms with Gasteiger partial charge in [0.2, 0.25) is 0 Å². The lowest BCUT2D eigenvalue weighted by Crippen LogP contribution is -1.81. The third kappa shape index (κ3) is 98.9. The van der Waals surface area contributed by atoms with Gasteiger partial charge in [-0.25, -0.2) is 9.59 Å². The van der Waals surface area contributed by atoms with Crippen LogP contribution in [0.1, 0.15) is 0 Å². The average Bonchev–Trinajstić information content (AvgIpc) is 1.25. The predicted octanol–water partition coefficient (Wildman–Crippen LogP) is 0.0640. The molecular formula is C2H4O6Si. The maximum atomic E-state index is 8.56. The van der Waals surface area contributed by atoms with Crippen molar-refractivity contribution in [1.82, 2.24) is 0 Å². The van der Waals surface area contributed by atoms with Gasteiger partial charge in [-0.3, -0.25) is 0 Å². The summed E-state index contributed by atoms with van der Waals surface area (Å²) in [5.74, 6) is 0. The number of hydrogen-bond donors (Lipinski definition) is 4. The Balaban J connectivity index is -0.0000000720. The molecule has 0 fully saturated rings. The first-order valence-corrected chi connectivity index (χ1v) is 1.30. The van der Waals surface area contributed by atoms with Crippen molar-refractivity contribution in [3.63, 3.8) is 0 Å². The van der Waals surface area contributed by atoms with E-state index in [1.807, 2.05) is 0 Å². The zero-order valence-electron chi connectivity index (χ0n) is 4.11. The molecule has 0 heterocycles. The van der Waals surface area contributed by atoms with Gasteiger partial charge in [-0.2, -0.15) is 0 Å². The highest BCUT2D eigenvalue weighted by Gasteiger charge is 1.70. The summed E-state index contributed by atoms with van der Waals surface area (Å²) in [5.41, 5.74) is 0. The van der Waals surface area contributed by atoms with E-state index in [-0.39, 0.29) is 11.0 Å². The summed E-state index contributed by atoms with van der Waals surface area (Å²) in [6.07, 6.45) is -3.67. The largest absolute Gasteiger partial charge is 0.503 e. The fourth-order valence-corrected chi connectivity index (χ4v) is 0. The molecule has 4 radical (unpaired) electrons. The summed E-state index contributed by atoms with van der Waals surface area (Å²) in [6.45, 7) is 0. The molecule has 0 aromatic carbocycles. The monoisotopic (exact) mass is 152 g/mol. The number of hydrogen-bond acceptors (Lipinski definition) is 2. The molecule has 0 rings (SSSR count). The second-order valence-electron chi connectivity index (χ2n) is 0.565. The highest BCUT2D eigenvalue weighted by atomic mass is 28.1. The van der Waals surface area contributed by atoms with Gasteiger partial charge in [-0.15, -0.1) is 0 Å². The molecule has 6 nitrogen and oxygen atoms in total. The smallest absolute Gasteiger partial charge is 0.450 e. The van der Waals surface area contributed by atoms with Crippen molar-refractivity contribution >= 4 is 23.3 Å². The van der Waals surface area contributed by atoms with Crippen molar-refractivity contribution in [1.29, 1.82) is 0 Å². The molecule has 0 spiro atoms. The van der Waals surface area contributed by atoms with Crippen molar-refractivity contribution in [3.05, 3.63) is 0 Å². The van der Waals surface area contributed by atoms with E-state index in [2.05, 4.69) is 0 Å². The van der Waals surface area contributed by atoms with E-state index in [9.17, 15) is 0 Å². The second kappa shape index (κ2) is 9.90. The first-order valence-electron chi connectivity index (χ1n) is 1.30. The Morgan fingerprint density at radius 3 is 0.778 bits per heavy atom. The molecule has 0 aliphatic carbocycles. The van der Waals surface area contributed by atoms with Crippen LogP contribution in [-0.2, 0) is 0 Å². The summed E-state index contributed by atoms with van der Waals surface area (Å²) in [5, 5.41) is 27.9. The summed E-state index contributed by atoms with van der Waals surface area (Å²) >= 11 is 0. The topological polar surface area (TPSA) is 115 Å². The summed E-state index contributed by atoms with van der Waals surface area (Å²) in [6, 6.07) is 0. The fourth-order valence-electron chi connectivity index (χ4n) is 0. The predicted molar refractivity (Wildman–Crippen MR) is 27.1 cm³/mol. The number of carboxylic acid groups (broad SMARTS) is 4. The molecule has 52 valence electrons. The average molecular weight is 152 g/mol. The van der Waals surface area contributed by atoms with Crippen LogP contribution >= 0.6 is 0 Å². The van der Waals surface area contributed by atoms with E-state index in [0.717, 1.165) is 0 Å². The highest BCUT2D eigenvalue weighted by molar-refractivity contribution is 5.75. The lowest BCUT2D eigenvalue weighted by atomic mass is 11.5. The van der Waals surface area contributed by atoms with Crippen LogP contribution in [-0.4, -0.2) is 43.7 Å². The third-order valence-corrected chi connectivity index (χ3v) is 0. The Morgan fingerprint density at radius 2 is 0.778 bits per heavy atom.